The van der Waals surface area contributed by atoms with Crippen molar-refractivity contribution in [2.75, 3.05) is 105 Å². The molecule has 7 N–H and O–H groups in total. The molecule has 0 amide bonds. The zero-order chi connectivity index (χ0) is 26.9. The number of rotatable bonds is 23. The molecule has 0 aliphatic rings. The van der Waals surface area contributed by atoms with E-state index in [0.29, 0.717) is 31.1 Å². The number of carboxylic acids is 3. The number of hydrogen-bond donors (Lipinski definition) is 7. The van der Waals surface area contributed by atoms with Crippen LogP contribution in [0.4, 0.5) is 0 Å². The number of carbonyl (C=O) groups is 3. The largest absolute Gasteiger partial charge is 0.543 e. The Balaban J connectivity index is 5.97. The van der Waals surface area contributed by atoms with E-state index in [9.17, 15) is 55.2 Å². The smallest absolute Gasteiger partial charge is 0.317 e. The summed E-state index contributed by atoms with van der Waals surface area (Å²) in [6.07, 6.45) is -1.79. The molecule has 0 heterocycles. The number of carbonyl (C=O) groups excluding carboxylic acids is 1. The second-order valence-corrected chi connectivity index (χ2v) is 8.08. The summed E-state index contributed by atoms with van der Waals surface area (Å²) < 4.78 is -0.575. The SMILES string of the molecule is O=C(O)CN(CC(=O)O)C(C(=O)[O-])[N+](CCO)(CCO)CCN(CCO)CCN(CCO)CCO. The molecule has 0 radical (unpaired) electrons. The Bertz CT molecular complexity index is 598. The average Bonchev–Trinajstić information content (AvgIpc) is 2.75. The quantitative estimate of drug-likeness (QED) is 0.0500. The summed E-state index contributed by atoms with van der Waals surface area (Å²) in [7, 11) is 0. The third kappa shape index (κ3) is 12.5. The van der Waals surface area contributed by atoms with E-state index in [-0.39, 0.29) is 52.5 Å². The maximum absolute atomic E-state index is 12.2. The van der Waals surface area contributed by atoms with Crippen molar-refractivity contribution >= 4 is 17.9 Å². The van der Waals surface area contributed by atoms with Crippen LogP contribution in [0.3, 0.4) is 0 Å². The second-order valence-electron chi connectivity index (χ2n) is 8.08. The first-order valence-corrected chi connectivity index (χ1v) is 11.3. The number of carboxylic acid groups (broad SMARTS) is 3. The summed E-state index contributed by atoms with van der Waals surface area (Å²) >= 11 is 0. The predicted molar refractivity (Wildman–Crippen MR) is 119 cm³/mol. The summed E-state index contributed by atoms with van der Waals surface area (Å²) in [5.41, 5.74) is 0. The van der Waals surface area contributed by atoms with Gasteiger partial charge in [-0.2, -0.15) is 0 Å². The monoisotopic (exact) mass is 512 g/mol. The van der Waals surface area contributed by atoms with Crippen LogP contribution in [0.15, 0.2) is 0 Å². The van der Waals surface area contributed by atoms with Crippen LogP contribution in [-0.4, -0.2) is 184 Å². The van der Waals surface area contributed by atoms with Crippen LogP contribution in [0.5, 0.6) is 0 Å². The number of aliphatic hydroxyl groups is 5. The van der Waals surface area contributed by atoms with Crippen LogP contribution in [0.25, 0.3) is 0 Å². The maximum atomic E-state index is 12.2. The van der Waals surface area contributed by atoms with E-state index in [4.69, 9.17) is 0 Å². The number of quaternary nitrogens is 1. The molecule has 1 atom stereocenters. The van der Waals surface area contributed by atoms with Gasteiger partial charge >= 0.3 is 11.9 Å². The fourth-order valence-corrected chi connectivity index (χ4v) is 4.11. The molecule has 0 rings (SSSR count). The minimum atomic E-state index is -1.79. The molecule has 15 nitrogen and oxygen atoms in total. The highest BCUT2D eigenvalue weighted by Gasteiger charge is 2.43. The number of hydrogen-bond acceptors (Lipinski definition) is 12. The lowest BCUT2D eigenvalue weighted by molar-refractivity contribution is -0.955. The van der Waals surface area contributed by atoms with Crippen LogP contribution < -0.4 is 5.11 Å². The van der Waals surface area contributed by atoms with E-state index in [0.717, 1.165) is 0 Å². The lowest BCUT2D eigenvalue weighted by Gasteiger charge is -2.48. The van der Waals surface area contributed by atoms with Crippen molar-refractivity contribution < 1.29 is 59.7 Å². The molecular weight excluding hydrogens is 472 g/mol. The Hall–Kier alpha value is -1.95. The van der Waals surface area contributed by atoms with Crippen molar-refractivity contribution in [1.82, 2.24) is 14.7 Å². The van der Waals surface area contributed by atoms with Gasteiger partial charge in [0.05, 0.1) is 39.6 Å². The first-order valence-electron chi connectivity index (χ1n) is 11.3. The van der Waals surface area contributed by atoms with E-state index < -0.39 is 54.9 Å². The number of aliphatic carboxylic acids is 3. The zero-order valence-electron chi connectivity index (χ0n) is 19.9. The molecule has 0 aromatic rings. The lowest BCUT2D eigenvalue weighted by atomic mass is 10.2. The normalized spacial score (nSPS) is 13.0. The van der Waals surface area contributed by atoms with E-state index in [1.807, 2.05) is 0 Å². The average molecular weight is 513 g/mol. The first kappa shape index (κ1) is 33.0. The Morgan fingerprint density at radius 2 is 1.03 bits per heavy atom. The molecule has 0 aliphatic heterocycles. The molecule has 0 aromatic heterocycles. The van der Waals surface area contributed by atoms with Gasteiger partial charge in [0.1, 0.15) is 32.1 Å². The summed E-state index contributed by atoms with van der Waals surface area (Å²) in [6, 6.07) is 0. The van der Waals surface area contributed by atoms with Gasteiger partial charge < -0.3 is 45.6 Å². The van der Waals surface area contributed by atoms with Crippen LogP contribution in [0.2, 0.25) is 0 Å². The first-order chi connectivity index (χ1) is 16.6. The van der Waals surface area contributed by atoms with Crippen LogP contribution >= 0.6 is 0 Å². The Morgan fingerprint density at radius 1 is 0.629 bits per heavy atom. The molecule has 0 saturated heterocycles. The molecule has 0 saturated carbocycles. The molecule has 0 bridgehead atoms. The van der Waals surface area contributed by atoms with Crippen LogP contribution in [-0.2, 0) is 14.4 Å². The second kappa shape index (κ2) is 18.3. The van der Waals surface area contributed by atoms with Gasteiger partial charge in [-0.05, 0) is 0 Å². The highest BCUT2D eigenvalue weighted by molar-refractivity contribution is 5.76. The molecule has 15 heteroatoms. The van der Waals surface area contributed by atoms with Crippen molar-refractivity contribution in [2.45, 2.75) is 6.17 Å². The van der Waals surface area contributed by atoms with E-state index in [1.54, 1.807) is 9.80 Å². The zero-order valence-corrected chi connectivity index (χ0v) is 19.9. The Labute approximate surface area is 204 Å². The molecule has 1 unspecified atom stereocenters. The van der Waals surface area contributed by atoms with Gasteiger partial charge in [-0.15, -0.1) is 0 Å². The number of nitrogens with zero attached hydrogens (tertiary/aromatic N) is 4. The molecule has 35 heavy (non-hydrogen) atoms. The lowest BCUT2D eigenvalue weighted by Crippen LogP contribution is -2.71. The van der Waals surface area contributed by atoms with Crippen molar-refractivity contribution in [3.8, 4) is 0 Å². The highest BCUT2D eigenvalue weighted by atomic mass is 16.4. The van der Waals surface area contributed by atoms with Crippen molar-refractivity contribution in [2.24, 2.45) is 0 Å². The third-order valence-electron chi connectivity index (χ3n) is 5.69. The predicted octanol–water partition coefficient (Wildman–Crippen LogP) is -6.08. The molecule has 0 spiro atoms. The van der Waals surface area contributed by atoms with Crippen molar-refractivity contribution in [3.63, 3.8) is 0 Å². The molecule has 0 fully saturated rings. The maximum Gasteiger partial charge on any atom is 0.317 e. The summed E-state index contributed by atoms with van der Waals surface area (Å²) in [4.78, 5) is 39.2. The van der Waals surface area contributed by atoms with E-state index in [1.165, 1.54) is 0 Å². The van der Waals surface area contributed by atoms with Gasteiger partial charge in [0, 0.05) is 39.3 Å². The van der Waals surface area contributed by atoms with E-state index in [2.05, 4.69) is 0 Å². The molecular formula is C20H40N4O11. The number of aliphatic hydroxyl groups excluding tert-OH is 5. The third-order valence-corrected chi connectivity index (χ3v) is 5.69. The van der Waals surface area contributed by atoms with Gasteiger partial charge in [-0.3, -0.25) is 23.9 Å². The fourth-order valence-electron chi connectivity index (χ4n) is 4.11. The Morgan fingerprint density at radius 3 is 1.34 bits per heavy atom. The highest BCUT2D eigenvalue weighted by Crippen LogP contribution is 2.18. The van der Waals surface area contributed by atoms with Gasteiger partial charge in [-0.25, -0.2) is 4.90 Å². The standard InChI is InChI=1S/C20H40N4O11/c25-10-4-21(1-2-22(5-11-26)6-12-27)3-7-24(8-13-28,9-14-29)19(20(34)35)23(15-17(30)31)16-18(32)33/h19,25-29H,1-16H2,(H2-,30,31,32,33,34,35). The topological polar surface area (TPSA) is 226 Å². The van der Waals surface area contributed by atoms with Crippen LogP contribution in [0, 0.1) is 0 Å². The minimum Gasteiger partial charge on any atom is -0.543 e. The molecule has 206 valence electrons. The Kier molecular flexibility index (Phi) is 17.3. The van der Waals surface area contributed by atoms with Crippen molar-refractivity contribution in [3.05, 3.63) is 0 Å². The summed E-state index contributed by atoms with van der Waals surface area (Å²) in [5.74, 6) is -4.67. The van der Waals surface area contributed by atoms with Gasteiger partial charge in [0.25, 0.3) is 0 Å². The summed E-state index contributed by atoms with van der Waals surface area (Å²) in [6.45, 7) is -2.14. The minimum absolute atomic E-state index is 0.0461. The molecule has 0 aromatic carbocycles. The van der Waals surface area contributed by atoms with Gasteiger partial charge in [0.15, 0.2) is 6.17 Å². The van der Waals surface area contributed by atoms with Crippen molar-refractivity contribution in [1.29, 1.82) is 0 Å². The fraction of sp³-hybridized carbons (Fsp3) is 0.850. The molecule has 0 aliphatic carbocycles. The van der Waals surface area contributed by atoms with Crippen LogP contribution in [0.1, 0.15) is 0 Å². The summed E-state index contributed by atoms with van der Waals surface area (Å²) in [5, 5.41) is 77.9. The van der Waals surface area contributed by atoms with Gasteiger partial charge in [-0.1, -0.05) is 0 Å². The van der Waals surface area contributed by atoms with E-state index >= 15 is 0 Å². The van der Waals surface area contributed by atoms with Gasteiger partial charge in [0.2, 0.25) is 0 Å².